The molecule has 0 saturated heterocycles. The summed E-state index contributed by atoms with van der Waals surface area (Å²) in [5, 5.41) is 5.73. The number of nitrogens with zero attached hydrogens (tertiary/aromatic N) is 4. The normalized spacial score (nSPS) is 11.1. The average molecular weight is 385 g/mol. The van der Waals surface area contributed by atoms with Crippen LogP contribution in [-0.4, -0.2) is 45.2 Å². The Morgan fingerprint density at radius 1 is 1.33 bits per heavy atom. The van der Waals surface area contributed by atoms with E-state index in [0.717, 1.165) is 27.8 Å². The van der Waals surface area contributed by atoms with Crippen molar-refractivity contribution in [1.29, 1.82) is 0 Å². The molecule has 27 heavy (non-hydrogen) atoms. The molecule has 8 heteroatoms. The third-order valence-electron chi connectivity index (χ3n) is 4.10. The van der Waals surface area contributed by atoms with Crippen LogP contribution in [0.1, 0.15) is 29.9 Å². The fourth-order valence-corrected chi connectivity index (χ4v) is 3.59. The molecule has 0 spiro atoms. The molecule has 3 aromatic rings. The number of methoxy groups -OCH3 is 1. The molecule has 0 aromatic carbocycles. The fraction of sp³-hybridized carbons (Fsp3) is 0.368. The number of nitrogens with one attached hydrogen (secondary N) is 1. The van der Waals surface area contributed by atoms with Crippen LogP contribution in [0.3, 0.4) is 0 Å². The van der Waals surface area contributed by atoms with Gasteiger partial charge in [0.05, 0.1) is 29.8 Å². The van der Waals surface area contributed by atoms with Crippen LogP contribution in [0, 0.1) is 6.92 Å². The SMILES string of the molecule is COCCn1c(-c2csc(-c3cnccn3)n2)cc(C(=O)NC(C)C)c1C. The number of amides is 1. The maximum atomic E-state index is 12.6. The number of aromatic nitrogens is 4. The van der Waals surface area contributed by atoms with Crippen molar-refractivity contribution in [3.8, 4) is 22.1 Å². The lowest BCUT2D eigenvalue weighted by Crippen LogP contribution is -2.30. The smallest absolute Gasteiger partial charge is 0.253 e. The molecule has 7 nitrogen and oxygen atoms in total. The van der Waals surface area contributed by atoms with Gasteiger partial charge in [-0.1, -0.05) is 0 Å². The molecular weight excluding hydrogens is 362 g/mol. The molecule has 0 aliphatic carbocycles. The van der Waals surface area contributed by atoms with Crippen molar-refractivity contribution in [2.75, 3.05) is 13.7 Å². The van der Waals surface area contributed by atoms with Gasteiger partial charge in [-0.15, -0.1) is 11.3 Å². The lowest BCUT2D eigenvalue weighted by Gasteiger charge is -2.11. The van der Waals surface area contributed by atoms with Crippen LogP contribution in [0.4, 0.5) is 0 Å². The molecule has 0 aliphatic rings. The van der Waals surface area contributed by atoms with Gasteiger partial charge >= 0.3 is 0 Å². The van der Waals surface area contributed by atoms with Gasteiger partial charge in [-0.25, -0.2) is 4.98 Å². The highest BCUT2D eigenvalue weighted by molar-refractivity contribution is 7.13. The summed E-state index contributed by atoms with van der Waals surface area (Å²) in [6.07, 6.45) is 4.98. The van der Waals surface area contributed by atoms with Crippen molar-refractivity contribution >= 4 is 17.2 Å². The molecule has 142 valence electrons. The molecule has 3 heterocycles. The Hall–Kier alpha value is -2.58. The van der Waals surface area contributed by atoms with Gasteiger partial charge in [0, 0.05) is 43.2 Å². The van der Waals surface area contributed by atoms with Crippen molar-refractivity contribution in [2.24, 2.45) is 0 Å². The number of hydrogen-bond donors (Lipinski definition) is 1. The van der Waals surface area contributed by atoms with Crippen molar-refractivity contribution in [1.82, 2.24) is 24.8 Å². The zero-order valence-corrected chi connectivity index (χ0v) is 16.7. The summed E-state index contributed by atoms with van der Waals surface area (Å²) in [5.41, 5.74) is 3.99. The molecule has 0 fully saturated rings. The lowest BCUT2D eigenvalue weighted by molar-refractivity contribution is 0.0942. The minimum absolute atomic E-state index is 0.0743. The predicted octanol–water partition coefficient (Wildman–Crippen LogP) is 3.16. The van der Waals surface area contributed by atoms with E-state index in [9.17, 15) is 4.79 Å². The van der Waals surface area contributed by atoms with Crippen molar-refractivity contribution in [3.63, 3.8) is 0 Å². The second kappa shape index (κ2) is 8.41. The fourth-order valence-electron chi connectivity index (χ4n) is 2.82. The minimum Gasteiger partial charge on any atom is -0.383 e. The van der Waals surface area contributed by atoms with Gasteiger partial charge < -0.3 is 14.6 Å². The first-order valence-corrected chi connectivity index (χ1v) is 9.61. The topological polar surface area (TPSA) is 81.9 Å². The summed E-state index contributed by atoms with van der Waals surface area (Å²) < 4.78 is 7.32. The third kappa shape index (κ3) is 4.23. The maximum Gasteiger partial charge on any atom is 0.253 e. The number of ether oxygens (including phenoxy) is 1. The van der Waals surface area contributed by atoms with Gasteiger partial charge in [-0.3, -0.25) is 14.8 Å². The Bertz CT molecular complexity index is 918. The molecular formula is C19H23N5O2S. The first-order valence-electron chi connectivity index (χ1n) is 8.73. The summed E-state index contributed by atoms with van der Waals surface area (Å²) in [6, 6.07) is 1.98. The summed E-state index contributed by atoms with van der Waals surface area (Å²) in [7, 11) is 1.67. The van der Waals surface area contributed by atoms with E-state index in [4.69, 9.17) is 9.72 Å². The third-order valence-corrected chi connectivity index (χ3v) is 4.96. The molecule has 0 bridgehead atoms. The van der Waals surface area contributed by atoms with Crippen LogP contribution < -0.4 is 5.32 Å². The van der Waals surface area contributed by atoms with Crippen LogP contribution in [-0.2, 0) is 11.3 Å². The largest absolute Gasteiger partial charge is 0.383 e. The van der Waals surface area contributed by atoms with E-state index in [1.165, 1.54) is 11.3 Å². The molecule has 0 saturated carbocycles. The number of thiazole rings is 1. The highest BCUT2D eigenvalue weighted by Gasteiger charge is 2.20. The van der Waals surface area contributed by atoms with Gasteiger partial charge in [0.25, 0.3) is 5.91 Å². The lowest BCUT2D eigenvalue weighted by atomic mass is 10.2. The number of rotatable bonds is 7. The monoisotopic (exact) mass is 385 g/mol. The molecule has 0 aliphatic heterocycles. The summed E-state index contributed by atoms with van der Waals surface area (Å²) in [4.78, 5) is 25.7. The van der Waals surface area contributed by atoms with E-state index in [1.54, 1.807) is 25.7 Å². The first-order chi connectivity index (χ1) is 13.0. The second-order valence-electron chi connectivity index (χ2n) is 6.43. The van der Waals surface area contributed by atoms with Crippen LogP contribution >= 0.6 is 11.3 Å². The molecule has 0 atom stereocenters. The van der Waals surface area contributed by atoms with Gasteiger partial charge in [-0.2, -0.15) is 0 Å². The van der Waals surface area contributed by atoms with Gasteiger partial charge in [0.1, 0.15) is 10.7 Å². The van der Waals surface area contributed by atoms with E-state index in [1.807, 2.05) is 32.2 Å². The van der Waals surface area contributed by atoms with Crippen LogP contribution in [0.25, 0.3) is 22.1 Å². The highest BCUT2D eigenvalue weighted by atomic mass is 32.1. The average Bonchev–Trinajstić information content (AvgIpc) is 3.25. The number of carbonyl (C=O) groups excluding carboxylic acids is 1. The molecule has 3 aromatic heterocycles. The van der Waals surface area contributed by atoms with E-state index in [2.05, 4.69) is 19.9 Å². The Morgan fingerprint density at radius 2 is 2.15 bits per heavy atom. The molecule has 3 rings (SSSR count). The quantitative estimate of drug-likeness (QED) is 0.676. The Morgan fingerprint density at radius 3 is 2.81 bits per heavy atom. The van der Waals surface area contributed by atoms with Crippen molar-refractivity contribution in [2.45, 2.75) is 33.4 Å². The minimum atomic E-state index is -0.0794. The van der Waals surface area contributed by atoms with Crippen LogP contribution in [0.5, 0.6) is 0 Å². The molecule has 0 radical (unpaired) electrons. The predicted molar refractivity (Wildman–Crippen MR) is 106 cm³/mol. The van der Waals surface area contributed by atoms with Gasteiger partial charge in [-0.05, 0) is 26.8 Å². The van der Waals surface area contributed by atoms with Crippen LogP contribution in [0.2, 0.25) is 0 Å². The summed E-state index contributed by atoms with van der Waals surface area (Å²) in [5.74, 6) is -0.0794. The Balaban J connectivity index is 2.01. The second-order valence-corrected chi connectivity index (χ2v) is 7.29. The number of carbonyl (C=O) groups is 1. The van der Waals surface area contributed by atoms with Crippen molar-refractivity contribution in [3.05, 3.63) is 41.3 Å². The Kier molecular flexibility index (Phi) is 5.98. The first kappa shape index (κ1) is 19.2. The maximum absolute atomic E-state index is 12.6. The summed E-state index contributed by atoms with van der Waals surface area (Å²) in [6.45, 7) is 7.04. The van der Waals surface area contributed by atoms with Crippen LogP contribution in [0.15, 0.2) is 30.0 Å². The van der Waals surface area contributed by atoms with E-state index in [0.29, 0.717) is 18.7 Å². The zero-order chi connectivity index (χ0) is 19.4. The zero-order valence-electron chi connectivity index (χ0n) is 15.9. The Labute approximate surface area is 162 Å². The van der Waals surface area contributed by atoms with Gasteiger partial charge in [0.15, 0.2) is 0 Å². The molecule has 1 amide bonds. The van der Waals surface area contributed by atoms with E-state index < -0.39 is 0 Å². The number of hydrogen-bond acceptors (Lipinski definition) is 6. The standard InChI is InChI=1S/C19H23N5O2S/c1-12(2)22-18(25)14-9-17(24(13(14)3)7-8-26-4)16-11-27-19(23-16)15-10-20-5-6-21-15/h5-6,9-12H,7-8H2,1-4H3,(H,22,25). The molecule has 1 N–H and O–H groups in total. The van der Waals surface area contributed by atoms with Gasteiger partial charge in [0.2, 0.25) is 0 Å². The molecule has 0 unspecified atom stereocenters. The van der Waals surface area contributed by atoms with Crippen molar-refractivity contribution < 1.29 is 9.53 Å². The van der Waals surface area contributed by atoms with E-state index >= 15 is 0 Å². The highest BCUT2D eigenvalue weighted by Crippen LogP contribution is 2.30. The summed E-state index contributed by atoms with van der Waals surface area (Å²) >= 11 is 1.51. The van der Waals surface area contributed by atoms with E-state index in [-0.39, 0.29) is 11.9 Å².